The lowest BCUT2D eigenvalue weighted by molar-refractivity contribution is -0.144. The van der Waals surface area contributed by atoms with E-state index >= 15 is 0 Å². The van der Waals surface area contributed by atoms with Crippen LogP contribution in [-0.2, 0) is 28.1 Å². The summed E-state index contributed by atoms with van der Waals surface area (Å²) in [5, 5.41) is 13.6. The number of likely N-dealkylation sites (tertiary alicyclic amines) is 1. The van der Waals surface area contributed by atoms with Crippen LogP contribution in [0.25, 0.3) is 0 Å². The molecule has 10 nitrogen and oxygen atoms in total. The van der Waals surface area contributed by atoms with Gasteiger partial charge in [-0.3, -0.25) is 23.7 Å². The molecule has 1 aromatic carbocycles. The smallest absolute Gasteiger partial charge is 0.296 e. The number of Topliss-reactive ketones (excluding diaryl/α,β-unsaturated/α-hetero) is 1. The minimum atomic E-state index is -0.919. The summed E-state index contributed by atoms with van der Waals surface area (Å²) in [6.45, 7) is 3.13. The minimum Gasteiger partial charge on any atom is -0.501 e. The topological polar surface area (TPSA) is 125 Å². The first kappa shape index (κ1) is 29.4. The number of amides is 2. The summed E-state index contributed by atoms with van der Waals surface area (Å²) in [7, 11) is 3.04. The molecule has 220 valence electrons. The van der Waals surface area contributed by atoms with Gasteiger partial charge in [-0.15, -0.1) is 0 Å². The normalized spacial score (nSPS) is 23.6. The molecule has 2 fully saturated rings. The fourth-order valence-corrected chi connectivity index (χ4v) is 7.08. The Bertz CT molecular complexity index is 1440. The number of hydrogen-bond acceptors (Lipinski definition) is 7. The number of nitrogens with one attached hydrogen (secondary N) is 1. The number of ketones is 1. The highest BCUT2D eigenvalue weighted by Crippen LogP contribution is 2.53. The molecule has 2 N–H and O–H groups in total. The number of carbonyl (C=O) groups excluding carboxylic acids is 3. The molecule has 0 unspecified atom stereocenters. The van der Waals surface area contributed by atoms with Gasteiger partial charge in [-0.2, -0.15) is 0 Å². The van der Waals surface area contributed by atoms with Crippen molar-refractivity contribution >= 4 is 33.5 Å². The van der Waals surface area contributed by atoms with Crippen LogP contribution in [0.1, 0.15) is 66.8 Å². The van der Waals surface area contributed by atoms with Crippen LogP contribution in [0.3, 0.4) is 0 Å². The second-order valence-corrected chi connectivity index (χ2v) is 12.9. The zero-order valence-electron chi connectivity index (χ0n) is 23.3. The zero-order valence-corrected chi connectivity index (χ0v) is 24.9. The zero-order chi connectivity index (χ0) is 29.5. The second-order valence-electron chi connectivity index (χ2n) is 12.0. The van der Waals surface area contributed by atoms with Crippen molar-refractivity contribution in [2.45, 2.75) is 63.5 Å². The summed E-state index contributed by atoms with van der Waals surface area (Å²) in [5.74, 6) is -2.90. The lowest BCUT2D eigenvalue weighted by atomic mass is 9.62. The molecule has 0 radical (unpaired) electrons. The van der Waals surface area contributed by atoms with Crippen LogP contribution in [0.4, 0.5) is 4.39 Å². The van der Waals surface area contributed by atoms with Crippen LogP contribution in [0.5, 0.6) is 5.75 Å². The Morgan fingerprint density at radius 1 is 1.15 bits per heavy atom. The van der Waals surface area contributed by atoms with E-state index in [1.165, 1.54) is 41.8 Å². The van der Waals surface area contributed by atoms with Crippen LogP contribution >= 0.6 is 15.9 Å². The summed E-state index contributed by atoms with van der Waals surface area (Å²) in [5.41, 5.74) is -1.71. The molecule has 6 rings (SSSR count). The molecular weight excluding hydrogens is 597 g/mol. The third-order valence-electron chi connectivity index (χ3n) is 8.93. The van der Waals surface area contributed by atoms with Crippen LogP contribution in [0.15, 0.2) is 27.5 Å². The molecule has 3 aliphatic heterocycles. The Morgan fingerprint density at radius 2 is 1.83 bits per heavy atom. The number of fused-ring (bicyclic) bond motifs is 2. The molecule has 1 saturated heterocycles. The Balaban J connectivity index is 1.52. The third-order valence-corrected chi connectivity index (χ3v) is 9.54. The summed E-state index contributed by atoms with van der Waals surface area (Å²) < 4.78 is 15.3. The van der Waals surface area contributed by atoms with Gasteiger partial charge in [0.2, 0.25) is 11.5 Å². The molecular formula is C29H35BrFN5O5. The number of hydrogen-bond donors (Lipinski definition) is 2. The molecule has 12 heteroatoms. The van der Waals surface area contributed by atoms with Gasteiger partial charge >= 0.3 is 0 Å². The molecule has 2 bridgehead atoms. The fraction of sp³-hybridized carbons (Fsp3) is 0.552. The Kier molecular flexibility index (Phi) is 8.08. The minimum absolute atomic E-state index is 0.0111. The van der Waals surface area contributed by atoms with E-state index in [4.69, 9.17) is 0 Å². The number of aromatic nitrogens is 2. The van der Waals surface area contributed by atoms with Crippen LogP contribution in [-0.4, -0.2) is 75.8 Å². The molecule has 41 heavy (non-hydrogen) atoms. The maximum absolute atomic E-state index is 13.7. The van der Waals surface area contributed by atoms with E-state index in [-0.39, 0.29) is 28.7 Å². The number of halogens is 2. The van der Waals surface area contributed by atoms with Crippen molar-refractivity contribution < 1.29 is 23.9 Å². The van der Waals surface area contributed by atoms with Gasteiger partial charge in [-0.25, -0.2) is 9.37 Å². The Labute approximate surface area is 246 Å². The highest BCUT2D eigenvalue weighted by Gasteiger charge is 2.52. The van der Waals surface area contributed by atoms with E-state index in [9.17, 15) is 28.7 Å². The molecule has 2 aromatic rings. The van der Waals surface area contributed by atoms with E-state index in [0.717, 1.165) is 45.3 Å². The van der Waals surface area contributed by atoms with Gasteiger partial charge in [0.15, 0.2) is 5.69 Å². The van der Waals surface area contributed by atoms with Crippen molar-refractivity contribution in [1.29, 1.82) is 0 Å². The van der Waals surface area contributed by atoms with Gasteiger partial charge in [0, 0.05) is 51.0 Å². The standard InChI is InChI=1S/C29H35BrFN5O5/c1-34(2)25(40)21(37)14-29-9-7-28(8-10-29,16-35-11-3-4-12-35)17-36-26(41)23(38)22(33-27(29)36)24(39)32-15-18-5-6-20(31)19(30)13-18/h5-6,13,38H,3-4,7-12,14-17H2,1-2H3,(H,32,39). The summed E-state index contributed by atoms with van der Waals surface area (Å²) in [6.07, 6.45) is 4.67. The maximum atomic E-state index is 13.7. The van der Waals surface area contributed by atoms with Crippen LogP contribution in [0, 0.1) is 11.2 Å². The van der Waals surface area contributed by atoms with Crippen molar-refractivity contribution in [1.82, 2.24) is 24.7 Å². The predicted octanol–water partition coefficient (Wildman–Crippen LogP) is 2.74. The Morgan fingerprint density at radius 3 is 2.46 bits per heavy atom. The third kappa shape index (κ3) is 5.68. The van der Waals surface area contributed by atoms with Crippen LogP contribution in [0.2, 0.25) is 0 Å². The number of rotatable bonds is 8. The summed E-state index contributed by atoms with van der Waals surface area (Å²) in [4.78, 5) is 60.9. The molecule has 1 aliphatic carbocycles. The first-order valence-corrected chi connectivity index (χ1v) is 14.8. The molecule has 2 amide bonds. The maximum Gasteiger partial charge on any atom is 0.296 e. The lowest BCUT2D eigenvalue weighted by Gasteiger charge is -2.43. The van der Waals surface area contributed by atoms with Crippen molar-refractivity contribution in [2.24, 2.45) is 5.41 Å². The quantitative estimate of drug-likeness (QED) is 0.429. The SMILES string of the molecule is CN(C)C(=O)C(=O)CC12CCC(CN3CCCC3)(CC1)Cn1c2nc(C(=O)NCc2ccc(F)c(Br)c2)c(O)c1=O. The van der Waals surface area contributed by atoms with E-state index < -0.39 is 45.8 Å². The van der Waals surface area contributed by atoms with Gasteiger partial charge in [-0.05, 0) is 85.2 Å². The van der Waals surface area contributed by atoms with Crippen molar-refractivity contribution in [3.05, 3.63) is 55.9 Å². The molecule has 0 atom stereocenters. The Hall–Kier alpha value is -3.12. The van der Waals surface area contributed by atoms with Gasteiger partial charge in [0.1, 0.15) is 11.6 Å². The molecule has 1 saturated carbocycles. The second kappa shape index (κ2) is 11.3. The van der Waals surface area contributed by atoms with Crippen molar-refractivity contribution in [3.8, 4) is 5.75 Å². The lowest BCUT2D eigenvalue weighted by Crippen LogP contribution is -2.44. The van der Waals surface area contributed by atoms with Crippen molar-refractivity contribution in [3.63, 3.8) is 0 Å². The highest BCUT2D eigenvalue weighted by atomic mass is 79.9. The van der Waals surface area contributed by atoms with E-state index in [1.807, 2.05) is 0 Å². The van der Waals surface area contributed by atoms with Crippen LogP contribution < -0.4 is 10.9 Å². The van der Waals surface area contributed by atoms with E-state index in [0.29, 0.717) is 24.9 Å². The first-order chi connectivity index (χ1) is 19.4. The summed E-state index contributed by atoms with van der Waals surface area (Å²) >= 11 is 3.12. The number of likely N-dealkylation sites (N-methyl/N-ethyl adjacent to an activating group) is 1. The van der Waals surface area contributed by atoms with Gasteiger partial charge in [0.05, 0.1) is 4.47 Å². The van der Waals surface area contributed by atoms with Gasteiger partial charge in [-0.1, -0.05) is 6.07 Å². The monoisotopic (exact) mass is 631 g/mol. The first-order valence-electron chi connectivity index (χ1n) is 14.0. The van der Waals surface area contributed by atoms with Gasteiger partial charge in [0.25, 0.3) is 17.4 Å². The highest BCUT2D eigenvalue weighted by molar-refractivity contribution is 9.10. The fourth-order valence-electron chi connectivity index (χ4n) is 6.66. The number of nitrogens with zero attached hydrogens (tertiary/aromatic N) is 4. The van der Waals surface area contributed by atoms with E-state index in [1.54, 1.807) is 0 Å². The van der Waals surface area contributed by atoms with Crippen molar-refractivity contribution in [2.75, 3.05) is 33.7 Å². The average molecular weight is 633 g/mol. The largest absolute Gasteiger partial charge is 0.501 e. The molecule has 1 aromatic heterocycles. The molecule has 4 heterocycles. The van der Waals surface area contributed by atoms with E-state index in [2.05, 4.69) is 31.1 Å². The molecule has 4 aliphatic rings. The van der Waals surface area contributed by atoms with Gasteiger partial charge < -0.3 is 20.2 Å². The average Bonchev–Trinajstić information content (AvgIpc) is 3.36. The summed E-state index contributed by atoms with van der Waals surface area (Å²) in [6, 6.07) is 4.30. The molecule has 0 spiro atoms. The number of benzene rings is 1. The number of carbonyl (C=O) groups is 3. The predicted molar refractivity (Wildman–Crippen MR) is 152 cm³/mol. The number of aromatic hydroxyl groups is 1.